The minimum Gasteiger partial charge on any atom is -0.435 e. The summed E-state index contributed by atoms with van der Waals surface area (Å²) in [5.41, 5.74) is 5.28. The maximum Gasteiger partial charge on any atom is 0.404 e. The summed E-state index contributed by atoms with van der Waals surface area (Å²) in [5, 5.41) is -0.254. The van der Waals surface area contributed by atoms with Crippen LogP contribution in [0.15, 0.2) is 35.4 Å². The summed E-state index contributed by atoms with van der Waals surface area (Å²) in [6, 6.07) is 1.28. The van der Waals surface area contributed by atoms with E-state index >= 15 is 4.39 Å². The normalized spacial score (nSPS) is 15.7. The van der Waals surface area contributed by atoms with Crippen molar-refractivity contribution in [2.24, 2.45) is 5.73 Å². The number of rotatable bonds is 8. The standard InChI is InChI=1S/C22H20F6N4O4S/c1-10(22(26,27)28)31-37(34,35)13-5-6-15(30-9-13)19-18(20(29)33)17-14(23)7-12(36-21(24)25)8-16(17)32(19)11-3-2-4-11/h5-11,21,31H,2-4H2,1H3,(H2,29,33). The highest BCUT2D eigenvalue weighted by molar-refractivity contribution is 7.89. The van der Waals surface area contributed by atoms with E-state index in [1.165, 1.54) is 9.29 Å². The molecule has 1 atom stereocenters. The Kier molecular flexibility index (Phi) is 6.88. The molecule has 1 fully saturated rings. The first-order valence-electron chi connectivity index (χ1n) is 10.9. The lowest BCUT2D eigenvalue weighted by atomic mass is 9.92. The monoisotopic (exact) mass is 550 g/mol. The molecule has 2 heterocycles. The van der Waals surface area contributed by atoms with Gasteiger partial charge in [0.1, 0.15) is 22.5 Å². The van der Waals surface area contributed by atoms with Crippen LogP contribution in [-0.4, -0.2) is 42.7 Å². The zero-order valence-corrected chi connectivity index (χ0v) is 19.8. The molecule has 1 aliphatic rings. The lowest BCUT2D eigenvalue weighted by Crippen LogP contribution is -2.42. The van der Waals surface area contributed by atoms with Gasteiger partial charge in [0, 0.05) is 29.8 Å². The maximum atomic E-state index is 15.1. The van der Waals surface area contributed by atoms with E-state index in [9.17, 15) is 35.2 Å². The Balaban J connectivity index is 1.88. The van der Waals surface area contributed by atoms with Crippen LogP contribution in [0.3, 0.4) is 0 Å². The summed E-state index contributed by atoms with van der Waals surface area (Å²) in [6.07, 6.45) is -2.04. The number of halogens is 6. The summed E-state index contributed by atoms with van der Waals surface area (Å²) in [6.45, 7) is -2.60. The van der Waals surface area contributed by atoms with Crippen LogP contribution in [0.25, 0.3) is 22.3 Å². The van der Waals surface area contributed by atoms with Gasteiger partial charge in [-0.1, -0.05) is 0 Å². The summed E-state index contributed by atoms with van der Waals surface area (Å²) < 4.78 is 111. The van der Waals surface area contributed by atoms with Gasteiger partial charge in [0.15, 0.2) is 0 Å². The van der Waals surface area contributed by atoms with E-state index < -0.39 is 51.2 Å². The minimum atomic E-state index is -4.82. The molecular formula is C22H20F6N4O4S. The van der Waals surface area contributed by atoms with Crippen molar-refractivity contribution in [2.75, 3.05) is 0 Å². The lowest BCUT2D eigenvalue weighted by molar-refractivity contribution is -0.147. The molecule has 200 valence electrons. The number of benzene rings is 1. The summed E-state index contributed by atoms with van der Waals surface area (Å²) in [4.78, 5) is 15.9. The first-order valence-corrected chi connectivity index (χ1v) is 12.4. The van der Waals surface area contributed by atoms with Crippen LogP contribution in [-0.2, 0) is 10.0 Å². The number of ether oxygens (including phenoxy) is 1. The molecule has 1 aromatic carbocycles. The number of carbonyl (C=O) groups is 1. The van der Waals surface area contributed by atoms with Gasteiger partial charge in [0.2, 0.25) is 10.0 Å². The third kappa shape index (κ3) is 5.09. The van der Waals surface area contributed by atoms with Crippen molar-refractivity contribution in [3.05, 3.63) is 41.8 Å². The van der Waals surface area contributed by atoms with Crippen molar-refractivity contribution in [2.45, 2.75) is 56.0 Å². The fraction of sp³-hybridized carbons (Fsp3) is 0.364. The maximum absolute atomic E-state index is 15.1. The van der Waals surface area contributed by atoms with Gasteiger partial charge in [-0.25, -0.2) is 12.8 Å². The van der Waals surface area contributed by atoms with Gasteiger partial charge < -0.3 is 15.0 Å². The van der Waals surface area contributed by atoms with Crippen molar-refractivity contribution in [3.8, 4) is 17.1 Å². The van der Waals surface area contributed by atoms with Gasteiger partial charge >= 0.3 is 12.8 Å². The molecule has 0 spiro atoms. The number of hydrogen-bond donors (Lipinski definition) is 2. The Morgan fingerprint density at radius 1 is 1.24 bits per heavy atom. The number of fused-ring (bicyclic) bond motifs is 1. The van der Waals surface area contributed by atoms with E-state index in [4.69, 9.17) is 5.73 Å². The second-order valence-electron chi connectivity index (χ2n) is 8.48. The van der Waals surface area contributed by atoms with E-state index in [0.29, 0.717) is 25.8 Å². The molecule has 8 nitrogen and oxygen atoms in total. The molecule has 1 unspecified atom stereocenters. The number of sulfonamides is 1. The molecule has 0 bridgehead atoms. The zero-order chi connectivity index (χ0) is 27.3. The lowest BCUT2D eigenvalue weighted by Gasteiger charge is -2.30. The quantitative estimate of drug-likeness (QED) is 0.401. The van der Waals surface area contributed by atoms with Crippen molar-refractivity contribution in [3.63, 3.8) is 0 Å². The molecule has 1 amide bonds. The van der Waals surface area contributed by atoms with Crippen LogP contribution in [0.1, 0.15) is 42.6 Å². The van der Waals surface area contributed by atoms with Gasteiger partial charge in [0.05, 0.1) is 22.5 Å². The van der Waals surface area contributed by atoms with Crippen molar-refractivity contribution >= 4 is 26.8 Å². The largest absolute Gasteiger partial charge is 0.435 e. The summed E-state index contributed by atoms with van der Waals surface area (Å²) in [7, 11) is -4.62. The first-order chi connectivity index (χ1) is 17.2. The van der Waals surface area contributed by atoms with Crippen molar-refractivity contribution < 1.29 is 44.3 Å². The van der Waals surface area contributed by atoms with Gasteiger partial charge in [-0.3, -0.25) is 9.78 Å². The van der Waals surface area contributed by atoms with Crippen molar-refractivity contribution in [1.82, 2.24) is 14.3 Å². The molecule has 37 heavy (non-hydrogen) atoms. The van der Waals surface area contributed by atoms with Gasteiger partial charge in [-0.15, -0.1) is 0 Å². The average molecular weight is 550 g/mol. The van der Waals surface area contributed by atoms with Gasteiger partial charge in [-0.05, 0) is 38.3 Å². The number of amides is 1. The molecule has 3 N–H and O–H groups in total. The number of aromatic nitrogens is 2. The second-order valence-corrected chi connectivity index (χ2v) is 10.2. The molecule has 3 aromatic rings. The molecular weight excluding hydrogens is 530 g/mol. The smallest absolute Gasteiger partial charge is 0.404 e. The first kappa shape index (κ1) is 26.7. The van der Waals surface area contributed by atoms with E-state index in [0.717, 1.165) is 30.8 Å². The Hall–Kier alpha value is -3.33. The van der Waals surface area contributed by atoms with E-state index in [2.05, 4.69) is 9.72 Å². The van der Waals surface area contributed by atoms with E-state index in [1.807, 2.05) is 0 Å². The number of hydrogen-bond acceptors (Lipinski definition) is 5. The van der Waals surface area contributed by atoms with Crippen LogP contribution < -0.4 is 15.2 Å². The van der Waals surface area contributed by atoms with Crippen LogP contribution in [0, 0.1) is 5.82 Å². The highest BCUT2D eigenvalue weighted by atomic mass is 32.2. The molecule has 1 aliphatic carbocycles. The van der Waals surface area contributed by atoms with Crippen LogP contribution >= 0.6 is 0 Å². The predicted octanol–water partition coefficient (Wildman–Crippen LogP) is 4.50. The number of nitrogens with zero attached hydrogens (tertiary/aromatic N) is 2. The van der Waals surface area contributed by atoms with Crippen LogP contribution in [0.5, 0.6) is 5.75 Å². The third-order valence-corrected chi connectivity index (χ3v) is 7.58. The minimum absolute atomic E-state index is 0.0147. The Morgan fingerprint density at radius 3 is 2.41 bits per heavy atom. The second kappa shape index (κ2) is 9.52. The molecule has 2 aromatic heterocycles. The number of nitrogens with two attached hydrogens (primary N) is 1. The van der Waals surface area contributed by atoms with Crippen LogP contribution in [0.4, 0.5) is 26.3 Å². The summed E-state index contributed by atoms with van der Waals surface area (Å²) >= 11 is 0. The molecule has 0 aliphatic heterocycles. The fourth-order valence-corrected chi connectivity index (χ4v) is 5.27. The number of alkyl halides is 5. The average Bonchev–Trinajstić information content (AvgIpc) is 3.07. The highest BCUT2D eigenvalue weighted by Gasteiger charge is 2.39. The third-order valence-electron chi connectivity index (χ3n) is 6.05. The Morgan fingerprint density at radius 2 is 1.92 bits per heavy atom. The number of pyridine rings is 1. The SMILES string of the molecule is CC(NS(=O)(=O)c1ccc(-c2c(C(N)=O)c3c(F)cc(OC(F)F)cc3n2C2CCC2)nc1)C(F)(F)F. The summed E-state index contributed by atoms with van der Waals surface area (Å²) in [5.74, 6) is -2.59. The zero-order valence-electron chi connectivity index (χ0n) is 19.0. The topological polar surface area (TPSA) is 116 Å². The van der Waals surface area contributed by atoms with E-state index in [-0.39, 0.29) is 33.9 Å². The molecule has 0 radical (unpaired) electrons. The molecule has 1 saturated carbocycles. The fourth-order valence-electron chi connectivity index (χ4n) is 4.10. The number of primary amides is 1. The predicted molar refractivity (Wildman–Crippen MR) is 119 cm³/mol. The Bertz CT molecular complexity index is 1450. The molecule has 0 saturated heterocycles. The van der Waals surface area contributed by atoms with Gasteiger partial charge in [0.25, 0.3) is 5.91 Å². The Labute approximate surface area is 206 Å². The number of carbonyl (C=O) groups excluding carboxylic acids is 1. The number of nitrogens with one attached hydrogen (secondary N) is 1. The molecule has 15 heteroatoms. The van der Waals surface area contributed by atoms with Crippen LogP contribution in [0.2, 0.25) is 0 Å². The van der Waals surface area contributed by atoms with Gasteiger partial charge in [-0.2, -0.15) is 26.7 Å². The van der Waals surface area contributed by atoms with E-state index in [1.54, 1.807) is 0 Å². The van der Waals surface area contributed by atoms with Crippen molar-refractivity contribution in [1.29, 1.82) is 0 Å². The molecule has 4 rings (SSSR count). The highest BCUT2D eigenvalue weighted by Crippen LogP contribution is 2.44.